The van der Waals surface area contributed by atoms with Crippen LogP contribution in [0.25, 0.3) is 0 Å². The average molecular weight is 422 g/mol. The third kappa shape index (κ3) is 6.45. The molecule has 1 aromatic heterocycles. The van der Waals surface area contributed by atoms with E-state index in [2.05, 4.69) is 4.98 Å². The summed E-state index contributed by atoms with van der Waals surface area (Å²) >= 11 is 0. The van der Waals surface area contributed by atoms with Gasteiger partial charge in [0.15, 0.2) is 5.78 Å². The lowest BCUT2D eigenvalue weighted by Gasteiger charge is -2.23. The second kappa shape index (κ2) is 10.4. The first-order valence-electron chi connectivity index (χ1n) is 9.79. The molecule has 3 aromatic rings. The molecule has 0 fully saturated rings. The van der Waals surface area contributed by atoms with Crippen molar-refractivity contribution in [1.29, 1.82) is 0 Å². The summed E-state index contributed by atoms with van der Waals surface area (Å²) in [7, 11) is 1.71. The number of carboxylic acids is 1. The van der Waals surface area contributed by atoms with Crippen molar-refractivity contribution in [1.82, 2.24) is 9.88 Å². The second-order valence-corrected chi connectivity index (χ2v) is 7.18. The maximum atomic E-state index is 13.4. The summed E-state index contributed by atoms with van der Waals surface area (Å²) < 4.78 is 19.5. The molecule has 0 radical (unpaired) electrons. The van der Waals surface area contributed by atoms with Gasteiger partial charge in [-0.3, -0.25) is 19.5 Å². The van der Waals surface area contributed by atoms with Gasteiger partial charge in [0.2, 0.25) is 0 Å². The standard InChI is InChI=1S/C24H23FN2O4/c1-27(16-23(28)29)13-11-22(17-7-9-20(25)10-8-17)31-21-6-2-4-18(14-21)24(30)19-5-3-12-26-15-19/h2-10,12,14-15,22H,11,13,16H2,1H3,(H,28,29). The van der Waals surface area contributed by atoms with Gasteiger partial charge in [0.05, 0.1) is 6.54 Å². The van der Waals surface area contributed by atoms with Crippen LogP contribution in [0.4, 0.5) is 4.39 Å². The van der Waals surface area contributed by atoms with Gasteiger partial charge in [-0.05, 0) is 49.0 Å². The number of carbonyl (C=O) groups excluding carboxylic acids is 1. The first kappa shape index (κ1) is 22.1. The lowest BCUT2D eigenvalue weighted by Crippen LogP contribution is -2.28. The molecule has 0 aliphatic carbocycles. The number of hydrogen-bond acceptors (Lipinski definition) is 5. The summed E-state index contributed by atoms with van der Waals surface area (Å²) in [5.41, 5.74) is 1.70. The molecule has 2 aromatic carbocycles. The van der Waals surface area contributed by atoms with E-state index in [-0.39, 0.29) is 18.1 Å². The number of likely N-dealkylation sites (N-methyl/N-ethyl adjacent to an activating group) is 1. The highest BCUT2D eigenvalue weighted by atomic mass is 19.1. The monoisotopic (exact) mass is 422 g/mol. The molecule has 0 spiro atoms. The Hall–Kier alpha value is -3.58. The van der Waals surface area contributed by atoms with Gasteiger partial charge in [-0.15, -0.1) is 0 Å². The Bertz CT molecular complexity index is 1030. The zero-order chi connectivity index (χ0) is 22.2. The first-order chi connectivity index (χ1) is 14.9. The lowest BCUT2D eigenvalue weighted by molar-refractivity contribution is -0.138. The summed E-state index contributed by atoms with van der Waals surface area (Å²) in [6, 6.07) is 16.2. The number of hydrogen-bond donors (Lipinski definition) is 1. The number of ketones is 1. The largest absolute Gasteiger partial charge is 0.486 e. The van der Waals surface area contributed by atoms with Gasteiger partial charge in [0.25, 0.3) is 0 Å². The quantitative estimate of drug-likeness (QED) is 0.498. The normalized spacial score (nSPS) is 11.8. The summed E-state index contributed by atoms with van der Waals surface area (Å²) in [5, 5.41) is 8.96. The number of carbonyl (C=O) groups is 2. The molecule has 31 heavy (non-hydrogen) atoms. The van der Waals surface area contributed by atoms with Gasteiger partial charge in [0, 0.05) is 36.5 Å². The van der Waals surface area contributed by atoms with Crippen LogP contribution in [0.1, 0.15) is 34.0 Å². The molecule has 1 unspecified atom stereocenters. The highest BCUT2D eigenvalue weighted by Gasteiger charge is 2.17. The van der Waals surface area contributed by atoms with Gasteiger partial charge in [-0.2, -0.15) is 0 Å². The van der Waals surface area contributed by atoms with Crippen LogP contribution < -0.4 is 4.74 Å². The van der Waals surface area contributed by atoms with Crippen molar-refractivity contribution in [3.8, 4) is 5.75 Å². The number of pyridine rings is 1. The van der Waals surface area contributed by atoms with Crippen molar-refractivity contribution >= 4 is 11.8 Å². The van der Waals surface area contributed by atoms with Crippen molar-refractivity contribution in [3.63, 3.8) is 0 Å². The van der Waals surface area contributed by atoms with Gasteiger partial charge >= 0.3 is 5.97 Å². The van der Waals surface area contributed by atoms with Crippen LogP contribution in [0.5, 0.6) is 5.75 Å². The molecule has 7 heteroatoms. The maximum Gasteiger partial charge on any atom is 0.317 e. The molecular weight excluding hydrogens is 399 g/mol. The van der Waals surface area contributed by atoms with E-state index in [4.69, 9.17) is 9.84 Å². The number of nitrogens with zero attached hydrogens (tertiary/aromatic N) is 2. The average Bonchev–Trinajstić information content (AvgIpc) is 2.77. The first-order valence-corrected chi connectivity index (χ1v) is 9.79. The summed E-state index contributed by atoms with van der Waals surface area (Å²) in [5.74, 6) is -0.944. The Morgan fingerprint density at radius 1 is 1.10 bits per heavy atom. The van der Waals surface area contributed by atoms with Gasteiger partial charge in [-0.25, -0.2) is 4.39 Å². The zero-order valence-electron chi connectivity index (χ0n) is 17.1. The Morgan fingerprint density at radius 2 is 1.84 bits per heavy atom. The van der Waals surface area contributed by atoms with E-state index in [1.807, 2.05) is 0 Å². The van der Waals surface area contributed by atoms with E-state index < -0.39 is 12.1 Å². The SMILES string of the molecule is CN(CCC(Oc1cccc(C(=O)c2cccnc2)c1)c1ccc(F)cc1)CC(=O)O. The summed E-state index contributed by atoms with van der Waals surface area (Å²) in [4.78, 5) is 29.3. The van der Waals surface area contributed by atoms with E-state index in [1.54, 1.807) is 66.7 Å². The van der Waals surface area contributed by atoms with Gasteiger partial charge in [-0.1, -0.05) is 24.3 Å². The number of aromatic nitrogens is 1. The molecule has 0 bridgehead atoms. The van der Waals surface area contributed by atoms with Crippen molar-refractivity contribution in [2.24, 2.45) is 0 Å². The van der Waals surface area contributed by atoms with Crippen LogP contribution in [-0.2, 0) is 4.79 Å². The molecular formula is C24H23FN2O4. The molecule has 1 heterocycles. The molecule has 0 amide bonds. The lowest BCUT2D eigenvalue weighted by atomic mass is 10.0. The number of ether oxygens (including phenoxy) is 1. The van der Waals surface area contributed by atoms with Crippen molar-refractivity contribution in [2.75, 3.05) is 20.1 Å². The van der Waals surface area contributed by atoms with Gasteiger partial charge in [0.1, 0.15) is 17.7 Å². The number of halogens is 1. The maximum absolute atomic E-state index is 13.4. The Labute approximate surface area is 179 Å². The molecule has 1 N–H and O–H groups in total. The molecule has 6 nitrogen and oxygen atoms in total. The van der Waals surface area contributed by atoms with Crippen molar-refractivity contribution in [3.05, 3.63) is 95.6 Å². The number of carboxylic acid groups (broad SMARTS) is 1. The fourth-order valence-electron chi connectivity index (χ4n) is 3.16. The van der Waals surface area contributed by atoms with Crippen LogP contribution >= 0.6 is 0 Å². The minimum Gasteiger partial charge on any atom is -0.486 e. The minimum atomic E-state index is -0.914. The highest BCUT2D eigenvalue weighted by molar-refractivity contribution is 6.08. The predicted molar refractivity (Wildman–Crippen MR) is 114 cm³/mol. The third-order valence-electron chi connectivity index (χ3n) is 4.72. The fraction of sp³-hybridized carbons (Fsp3) is 0.208. The minimum absolute atomic E-state index is 0.0920. The summed E-state index contributed by atoms with van der Waals surface area (Å²) in [6.07, 6.45) is 3.15. The van der Waals surface area contributed by atoms with Crippen LogP contribution in [0, 0.1) is 5.82 Å². The number of aliphatic carboxylic acids is 1. The number of benzene rings is 2. The number of rotatable bonds is 10. The van der Waals surface area contributed by atoms with Crippen LogP contribution in [0.15, 0.2) is 73.1 Å². The molecule has 0 saturated heterocycles. The molecule has 0 aliphatic heterocycles. The molecule has 160 valence electrons. The zero-order valence-corrected chi connectivity index (χ0v) is 17.1. The fourth-order valence-corrected chi connectivity index (χ4v) is 3.16. The molecule has 0 saturated carbocycles. The van der Waals surface area contributed by atoms with E-state index in [9.17, 15) is 14.0 Å². The van der Waals surface area contributed by atoms with E-state index in [0.29, 0.717) is 29.8 Å². The van der Waals surface area contributed by atoms with Crippen molar-refractivity contribution < 1.29 is 23.8 Å². The van der Waals surface area contributed by atoms with Gasteiger partial charge < -0.3 is 9.84 Å². The summed E-state index contributed by atoms with van der Waals surface area (Å²) in [6.45, 7) is 0.369. The van der Waals surface area contributed by atoms with E-state index in [0.717, 1.165) is 5.56 Å². The predicted octanol–water partition coefficient (Wildman–Crippen LogP) is 3.98. The molecule has 3 rings (SSSR count). The van der Waals surface area contributed by atoms with E-state index in [1.165, 1.54) is 18.3 Å². The highest BCUT2D eigenvalue weighted by Crippen LogP contribution is 2.27. The topological polar surface area (TPSA) is 79.7 Å². The van der Waals surface area contributed by atoms with E-state index >= 15 is 0 Å². The Kier molecular flexibility index (Phi) is 7.45. The van der Waals surface area contributed by atoms with Crippen LogP contribution in [-0.4, -0.2) is 46.9 Å². The van der Waals surface area contributed by atoms with Crippen molar-refractivity contribution in [2.45, 2.75) is 12.5 Å². The Morgan fingerprint density at radius 3 is 2.52 bits per heavy atom. The van der Waals surface area contributed by atoms with Crippen LogP contribution in [0.2, 0.25) is 0 Å². The van der Waals surface area contributed by atoms with Crippen LogP contribution in [0.3, 0.4) is 0 Å². The third-order valence-corrected chi connectivity index (χ3v) is 4.72. The second-order valence-electron chi connectivity index (χ2n) is 7.18. The molecule has 1 atom stereocenters. The molecule has 0 aliphatic rings. The smallest absolute Gasteiger partial charge is 0.317 e. The Balaban J connectivity index is 1.79.